The SMILES string of the molecule is COC(=O)c1onc(C(=O)O)c1[N+](=O)[O-]. The van der Waals surface area contributed by atoms with Crippen molar-refractivity contribution in [3.05, 3.63) is 21.6 Å². The number of carbonyl (C=O) groups excluding carboxylic acids is 1. The lowest BCUT2D eigenvalue weighted by molar-refractivity contribution is -0.385. The highest BCUT2D eigenvalue weighted by atomic mass is 16.6. The van der Waals surface area contributed by atoms with Gasteiger partial charge in [-0.15, -0.1) is 0 Å². The van der Waals surface area contributed by atoms with Gasteiger partial charge in [-0.25, -0.2) is 9.59 Å². The van der Waals surface area contributed by atoms with Crippen LogP contribution in [0.1, 0.15) is 21.0 Å². The number of ether oxygens (including phenoxy) is 1. The molecule has 0 saturated carbocycles. The lowest BCUT2D eigenvalue weighted by Gasteiger charge is -1.91. The molecule has 1 rings (SSSR count). The van der Waals surface area contributed by atoms with Crippen LogP contribution in [0.15, 0.2) is 4.52 Å². The third-order valence-corrected chi connectivity index (χ3v) is 1.42. The van der Waals surface area contributed by atoms with Crippen molar-refractivity contribution in [2.75, 3.05) is 7.11 Å². The molecular weight excluding hydrogens is 212 g/mol. The molecule has 0 aliphatic carbocycles. The molecule has 0 atom stereocenters. The Morgan fingerprint density at radius 2 is 2.20 bits per heavy atom. The summed E-state index contributed by atoms with van der Waals surface area (Å²) in [6.07, 6.45) is 0. The van der Waals surface area contributed by atoms with E-state index in [0.717, 1.165) is 7.11 Å². The molecule has 0 aromatic carbocycles. The zero-order valence-electron chi connectivity index (χ0n) is 7.29. The third kappa shape index (κ3) is 1.75. The van der Waals surface area contributed by atoms with Crippen molar-refractivity contribution < 1.29 is 28.9 Å². The van der Waals surface area contributed by atoms with Crippen LogP contribution in [0.25, 0.3) is 0 Å². The number of carboxylic acid groups (broad SMARTS) is 1. The molecule has 0 aliphatic rings. The molecule has 0 fully saturated rings. The maximum atomic E-state index is 10.9. The van der Waals surface area contributed by atoms with Crippen molar-refractivity contribution in [3.8, 4) is 0 Å². The number of rotatable bonds is 3. The van der Waals surface area contributed by atoms with Crippen molar-refractivity contribution in [3.63, 3.8) is 0 Å². The fraction of sp³-hybridized carbons (Fsp3) is 0.167. The normalized spacial score (nSPS) is 9.67. The molecule has 1 N–H and O–H groups in total. The highest BCUT2D eigenvalue weighted by Crippen LogP contribution is 2.23. The number of hydrogen-bond acceptors (Lipinski definition) is 7. The van der Waals surface area contributed by atoms with Crippen LogP contribution in [0.2, 0.25) is 0 Å². The van der Waals surface area contributed by atoms with Gasteiger partial charge in [0.2, 0.25) is 0 Å². The number of methoxy groups -OCH3 is 1. The predicted molar refractivity (Wildman–Crippen MR) is 41.5 cm³/mol. The third-order valence-electron chi connectivity index (χ3n) is 1.42. The van der Waals surface area contributed by atoms with Gasteiger partial charge in [0.05, 0.1) is 12.0 Å². The minimum atomic E-state index is -1.67. The molecular formula is C6H4N2O7. The van der Waals surface area contributed by atoms with Gasteiger partial charge < -0.3 is 14.4 Å². The van der Waals surface area contributed by atoms with Gasteiger partial charge in [-0.2, -0.15) is 0 Å². The quantitative estimate of drug-likeness (QED) is 0.426. The second kappa shape index (κ2) is 3.74. The van der Waals surface area contributed by atoms with Crippen LogP contribution in [0.4, 0.5) is 5.69 Å². The molecule has 0 bridgehead atoms. The van der Waals surface area contributed by atoms with E-state index in [9.17, 15) is 19.7 Å². The molecule has 0 aliphatic heterocycles. The van der Waals surface area contributed by atoms with Gasteiger partial charge in [0, 0.05) is 0 Å². The molecule has 1 aromatic heterocycles. The first kappa shape index (κ1) is 10.6. The smallest absolute Gasteiger partial charge is 0.384 e. The topological polar surface area (TPSA) is 133 Å². The van der Waals surface area contributed by atoms with E-state index in [4.69, 9.17) is 5.11 Å². The van der Waals surface area contributed by atoms with E-state index in [0.29, 0.717) is 0 Å². The summed E-state index contributed by atoms with van der Waals surface area (Å²) in [7, 11) is 0.967. The van der Waals surface area contributed by atoms with E-state index in [1.54, 1.807) is 0 Å². The van der Waals surface area contributed by atoms with Crippen molar-refractivity contribution in [1.29, 1.82) is 0 Å². The summed E-state index contributed by atoms with van der Waals surface area (Å²) < 4.78 is 8.37. The highest BCUT2D eigenvalue weighted by molar-refractivity contribution is 5.98. The number of hydrogen-bond donors (Lipinski definition) is 1. The molecule has 1 aromatic rings. The highest BCUT2D eigenvalue weighted by Gasteiger charge is 2.36. The zero-order chi connectivity index (χ0) is 11.6. The number of aromatic carboxylic acids is 1. The van der Waals surface area contributed by atoms with Crippen LogP contribution in [0.3, 0.4) is 0 Å². The Balaban J connectivity index is 3.36. The summed E-state index contributed by atoms with van der Waals surface area (Å²) in [4.78, 5) is 30.8. The Hall–Kier alpha value is -2.45. The minimum absolute atomic E-state index is 0.847. The second-order valence-electron chi connectivity index (χ2n) is 2.26. The zero-order valence-corrected chi connectivity index (χ0v) is 7.29. The molecule has 1 heterocycles. The van der Waals surface area contributed by atoms with Crippen molar-refractivity contribution in [1.82, 2.24) is 5.16 Å². The largest absolute Gasteiger partial charge is 0.476 e. The van der Waals surface area contributed by atoms with Crippen LogP contribution >= 0.6 is 0 Å². The summed E-state index contributed by atoms with van der Waals surface area (Å²) in [5, 5.41) is 21.9. The van der Waals surface area contributed by atoms with Crippen molar-refractivity contribution in [2.45, 2.75) is 0 Å². The molecule has 0 amide bonds. The minimum Gasteiger partial charge on any atom is -0.476 e. The monoisotopic (exact) mass is 216 g/mol. The summed E-state index contributed by atoms with van der Waals surface area (Å²) in [5.74, 6) is -3.68. The lowest BCUT2D eigenvalue weighted by Crippen LogP contribution is -2.06. The fourth-order valence-corrected chi connectivity index (χ4v) is 0.822. The Labute approximate surface area is 81.4 Å². The molecule has 0 unspecified atom stereocenters. The Kier molecular flexibility index (Phi) is 2.65. The van der Waals surface area contributed by atoms with Crippen molar-refractivity contribution in [2.24, 2.45) is 0 Å². The number of carboxylic acids is 1. The summed E-state index contributed by atoms with van der Waals surface area (Å²) in [6, 6.07) is 0. The molecule has 9 heteroatoms. The van der Waals surface area contributed by atoms with E-state index in [1.165, 1.54) is 0 Å². The second-order valence-corrected chi connectivity index (χ2v) is 2.26. The van der Waals surface area contributed by atoms with E-state index < -0.39 is 34.0 Å². The maximum absolute atomic E-state index is 10.9. The molecule has 0 saturated heterocycles. The fourth-order valence-electron chi connectivity index (χ4n) is 0.822. The van der Waals surface area contributed by atoms with Gasteiger partial charge in [0.15, 0.2) is 0 Å². The number of aromatic nitrogens is 1. The molecule has 9 nitrogen and oxygen atoms in total. The van der Waals surface area contributed by atoms with Crippen molar-refractivity contribution >= 4 is 17.6 Å². The molecule has 0 spiro atoms. The van der Waals surface area contributed by atoms with Crippen LogP contribution in [0.5, 0.6) is 0 Å². The average Bonchev–Trinajstić information content (AvgIpc) is 2.60. The predicted octanol–water partition coefficient (Wildman–Crippen LogP) is 0.0676. The Morgan fingerprint density at radius 1 is 1.60 bits per heavy atom. The van der Waals surface area contributed by atoms with Crippen LogP contribution < -0.4 is 0 Å². The van der Waals surface area contributed by atoms with Crippen LogP contribution in [-0.4, -0.2) is 34.2 Å². The van der Waals surface area contributed by atoms with E-state index in [-0.39, 0.29) is 0 Å². The first-order valence-corrected chi connectivity index (χ1v) is 3.44. The molecule has 80 valence electrons. The lowest BCUT2D eigenvalue weighted by atomic mass is 10.3. The van der Waals surface area contributed by atoms with Crippen LogP contribution in [0, 0.1) is 10.1 Å². The average molecular weight is 216 g/mol. The van der Waals surface area contributed by atoms with Gasteiger partial charge in [0.1, 0.15) is 0 Å². The van der Waals surface area contributed by atoms with Gasteiger partial charge in [-0.1, -0.05) is 5.16 Å². The van der Waals surface area contributed by atoms with Gasteiger partial charge in [-0.05, 0) is 0 Å². The maximum Gasteiger partial charge on any atom is 0.384 e. The van der Waals surface area contributed by atoms with Gasteiger partial charge >= 0.3 is 23.4 Å². The van der Waals surface area contributed by atoms with Gasteiger partial charge in [-0.3, -0.25) is 10.1 Å². The first-order chi connectivity index (χ1) is 6.99. The molecule has 0 radical (unpaired) electrons. The Bertz CT molecular complexity index is 435. The number of carbonyl (C=O) groups is 2. The summed E-state index contributed by atoms with van der Waals surface area (Å²) in [5.41, 5.74) is -1.96. The number of nitro groups is 1. The van der Waals surface area contributed by atoms with E-state index >= 15 is 0 Å². The first-order valence-electron chi connectivity index (χ1n) is 3.44. The van der Waals surface area contributed by atoms with Gasteiger partial charge in [0.25, 0.3) is 5.69 Å². The van der Waals surface area contributed by atoms with Crippen LogP contribution in [-0.2, 0) is 4.74 Å². The van der Waals surface area contributed by atoms with E-state index in [1.807, 2.05) is 0 Å². The Morgan fingerprint density at radius 3 is 2.60 bits per heavy atom. The standard InChI is InChI=1S/C6H4N2O7/c1-14-6(11)4-3(8(12)13)2(5(9)10)7-15-4/h1H3,(H,9,10). The molecule has 15 heavy (non-hydrogen) atoms. The van der Waals surface area contributed by atoms with E-state index in [2.05, 4.69) is 14.4 Å². The number of nitrogens with zero attached hydrogens (tertiary/aromatic N) is 2. The summed E-state index contributed by atoms with van der Waals surface area (Å²) in [6.45, 7) is 0. The number of esters is 1. The summed E-state index contributed by atoms with van der Waals surface area (Å²) >= 11 is 0.